The number of ether oxygens (including phenoxy) is 1. The van der Waals surface area contributed by atoms with Gasteiger partial charge in [-0.25, -0.2) is 4.79 Å². The molecule has 0 aliphatic carbocycles. The van der Waals surface area contributed by atoms with Gasteiger partial charge >= 0.3 is 5.97 Å². The second kappa shape index (κ2) is 5.58. The highest BCUT2D eigenvalue weighted by Gasteiger charge is 2.38. The number of aromatic amines is 1. The predicted molar refractivity (Wildman–Crippen MR) is 76.6 cm³/mol. The van der Waals surface area contributed by atoms with Crippen LogP contribution in [0.15, 0.2) is 12.3 Å². The van der Waals surface area contributed by atoms with E-state index in [4.69, 9.17) is 4.74 Å². The Labute approximate surface area is 119 Å². The van der Waals surface area contributed by atoms with Gasteiger partial charge in [-0.05, 0) is 55.9 Å². The number of hydrogen-bond acceptors (Lipinski definition) is 4. The summed E-state index contributed by atoms with van der Waals surface area (Å²) in [7, 11) is 1.41. The van der Waals surface area contributed by atoms with Crippen molar-refractivity contribution in [3.63, 3.8) is 0 Å². The molecule has 0 atom stereocenters. The lowest BCUT2D eigenvalue weighted by Crippen LogP contribution is -2.38. The molecule has 5 nitrogen and oxygen atoms in total. The van der Waals surface area contributed by atoms with E-state index in [2.05, 4.69) is 15.2 Å². The molecule has 0 amide bonds. The molecular weight excluding hydrogens is 254 g/mol. The number of esters is 1. The summed E-state index contributed by atoms with van der Waals surface area (Å²) in [4.78, 5) is 16.9. The minimum atomic E-state index is -0.299. The molecule has 2 aliphatic rings. The van der Waals surface area contributed by atoms with Crippen LogP contribution in [-0.4, -0.2) is 49.1 Å². The van der Waals surface area contributed by atoms with Crippen LogP contribution < -0.4 is 5.32 Å². The molecule has 1 spiro atoms. The van der Waals surface area contributed by atoms with Crippen LogP contribution in [0.25, 0.3) is 0 Å². The molecule has 3 heterocycles. The molecule has 0 saturated carbocycles. The van der Waals surface area contributed by atoms with Gasteiger partial charge < -0.3 is 15.0 Å². The van der Waals surface area contributed by atoms with Gasteiger partial charge in [0.15, 0.2) is 0 Å². The Balaban J connectivity index is 1.59. The molecule has 20 heavy (non-hydrogen) atoms. The SMILES string of the molecule is COC(=O)c1cc(CN2CCC3(CCNCC3)C2)c[nH]1. The zero-order valence-electron chi connectivity index (χ0n) is 12.1. The monoisotopic (exact) mass is 277 g/mol. The second-order valence-corrected chi connectivity index (χ2v) is 6.12. The van der Waals surface area contributed by atoms with E-state index in [1.165, 1.54) is 39.5 Å². The Morgan fingerprint density at radius 1 is 1.40 bits per heavy atom. The summed E-state index contributed by atoms with van der Waals surface area (Å²) in [5.41, 5.74) is 2.24. The fourth-order valence-electron chi connectivity index (χ4n) is 3.54. The maximum Gasteiger partial charge on any atom is 0.354 e. The van der Waals surface area contributed by atoms with E-state index in [1.54, 1.807) is 0 Å². The zero-order chi connectivity index (χ0) is 14.0. The number of carbonyl (C=O) groups is 1. The molecule has 2 fully saturated rings. The topological polar surface area (TPSA) is 57.4 Å². The van der Waals surface area contributed by atoms with Crippen LogP contribution in [0, 0.1) is 5.41 Å². The predicted octanol–water partition coefficient (Wildman–Crippen LogP) is 1.38. The van der Waals surface area contributed by atoms with Crippen LogP contribution in [0.3, 0.4) is 0 Å². The molecule has 3 rings (SSSR count). The van der Waals surface area contributed by atoms with Gasteiger partial charge in [0.05, 0.1) is 7.11 Å². The standard InChI is InChI=1S/C15H23N3O2/c1-20-14(19)13-8-12(9-17-13)10-18-7-4-15(11-18)2-5-16-6-3-15/h8-9,16-17H,2-7,10-11H2,1H3. The first-order valence-corrected chi connectivity index (χ1v) is 7.39. The molecule has 0 aromatic carbocycles. The lowest BCUT2D eigenvalue weighted by Gasteiger charge is -2.33. The minimum absolute atomic E-state index is 0.299. The highest BCUT2D eigenvalue weighted by molar-refractivity contribution is 5.87. The first-order valence-electron chi connectivity index (χ1n) is 7.39. The van der Waals surface area contributed by atoms with E-state index >= 15 is 0 Å². The second-order valence-electron chi connectivity index (χ2n) is 6.12. The van der Waals surface area contributed by atoms with Gasteiger partial charge in [-0.1, -0.05) is 0 Å². The molecule has 0 unspecified atom stereocenters. The zero-order valence-corrected chi connectivity index (χ0v) is 12.1. The van der Waals surface area contributed by atoms with Crippen LogP contribution in [-0.2, 0) is 11.3 Å². The summed E-state index contributed by atoms with van der Waals surface area (Å²) >= 11 is 0. The molecule has 0 bridgehead atoms. The Bertz CT molecular complexity index is 477. The van der Waals surface area contributed by atoms with Gasteiger partial charge in [-0.15, -0.1) is 0 Å². The molecule has 2 saturated heterocycles. The van der Waals surface area contributed by atoms with Crippen molar-refractivity contribution in [2.24, 2.45) is 5.41 Å². The number of rotatable bonds is 3. The minimum Gasteiger partial charge on any atom is -0.464 e. The Morgan fingerprint density at radius 3 is 2.95 bits per heavy atom. The van der Waals surface area contributed by atoms with E-state index in [1.807, 2.05) is 12.3 Å². The van der Waals surface area contributed by atoms with Crippen LogP contribution in [0.5, 0.6) is 0 Å². The number of piperidine rings is 1. The summed E-state index contributed by atoms with van der Waals surface area (Å²) in [5, 5.41) is 3.45. The highest BCUT2D eigenvalue weighted by Crippen LogP contribution is 2.38. The van der Waals surface area contributed by atoms with E-state index < -0.39 is 0 Å². The van der Waals surface area contributed by atoms with Crippen molar-refractivity contribution >= 4 is 5.97 Å². The molecule has 5 heteroatoms. The fourth-order valence-corrected chi connectivity index (χ4v) is 3.54. The maximum absolute atomic E-state index is 11.4. The van der Waals surface area contributed by atoms with Crippen LogP contribution in [0.2, 0.25) is 0 Å². The van der Waals surface area contributed by atoms with Gasteiger partial charge in [0, 0.05) is 19.3 Å². The third-order valence-electron chi connectivity index (χ3n) is 4.74. The number of H-pyrrole nitrogens is 1. The van der Waals surface area contributed by atoms with E-state index in [9.17, 15) is 4.79 Å². The summed E-state index contributed by atoms with van der Waals surface area (Å²) in [5.74, 6) is -0.299. The molecule has 2 N–H and O–H groups in total. The fraction of sp³-hybridized carbons (Fsp3) is 0.667. The van der Waals surface area contributed by atoms with Crippen molar-refractivity contribution in [2.45, 2.75) is 25.8 Å². The van der Waals surface area contributed by atoms with Gasteiger partial charge in [0.25, 0.3) is 0 Å². The molecule has 2 aliphatic heterocycles. The lowest BCUT2D eigenvalue weighted by atomic mass is 9.78. The maximum atomic E-state index is 11.4. The average molecular weight is 277 g/mol. The molecular formula is C15H23N3O2. The van der Waals surface area contributed by atoms with E-state index in [-0.39, 0.29) is 5.97 Å². The van der Waals surface area contributed by atoms with Crippen LogP contribution >= 0.6 is 0 Å². The number of methoxy groups -OCH3 is 1. The number of likely N-dealkylation sites (tertiary alicyclic amines) is 1. The van der Waals surface area contributed by atoms with Crippen LogP contribution in [0.4, 0.5) is 0 Å². The van der Waals surface area contributed by atoms with E-state index in [0.29, 0.717) is 11.1 Å². The third-order valence-corrected chi connectivity index (χ3v) is 4.74. The lowest BCUT2D eigenvalue weighted by molar-refractivity contribution is 0.0594. The van der Waals surface area contributed by atoms with Crippen molar-refractivity contribution < 1.29 is 9.53 Å². The first-order chi connectivity index (χ1) is 9.71. The summed E-state index contributed by atoms with van der Waals surface area (Å²) in [6.07, 6.45) is 5.82. The Kier molecular flexibility index (Phi) is 3.81. The molecule has 1 aromatic rings. The van der Waals surface area contributed by atoms with Crippen molar-refractivity contribution in [1.82, 2.24) is 15.2 Å². The smallest absolute Gasteiger partial charge is 0.354 e. The summed E-state index contributed by atoms with van der Waals surface area (Å²) < 4.78 is 4.72. The largest absolute Gasteiger partial charge is 0.464 e. The highest BCUT2D eigenvalue weighted by atomic mass is 16.5. The third kappa shape index (κ3) is 2.74. The molecule has 0 radical (unpaired) electrons. The molecule has 1 aromatic heterocycles. The van der Waals surface area contributed by atoms with Gasteiger partial charge in [0.1, 0.15) is 5.69 Å². The summed E-state index contributed by atoms with van der Waals surface area (Å²) in [6.45, 7) is 5.59. The van der Waals surface area contributed by atoms with E-state index in [0.717, 1.165) is 25.2 Å². The van der Waals surface area contributed by atoms with Gasteiger partial charge in [-0.2, -0.15) is 0 Å². The number of aromatic nitrogens is 1. The number of hydrogen-bond donors (Lipinski definition) is 2. The first kappa shape index (κ1) is 13.6. The van der Waals surface area contributed by atoms with Crippen molar-refractivity contribution in [3.05, 3.63) is 23.5 Å². The number of nitrogens with zero attached hydrogens (tertiary/aromatic N) is 1. The normalized spacial score (nSPS) is 22.2. The Morgan fingerprint density at radius 2 is 2.20 bits per heavy atom. The van der Waals surface area contributed by atoms with Crippen molar-refractivity contribution in [3.8, 4) is 0 Å². The quantitative estimate of drug-likeness (QED) is 0.820. The number of carbonyl (C=O) groups excluding carboxylic acids is 1. The Hall–Kier alpha value is -1.33. The van der Waals surface area contributed by atoms with Gasteiger partial charge in [-0.3, -0.25) is 4.90 Å². The average Bonchev–Trinajstić information content (AvgIpc) is 3.07. The van der Waals surface area contributed by atoms with Crippen molar-refractivity contribution in [1.29, 1.82) is 0 Å². The summed E-state index contributed by atoms with van der Waals surface area (Å²) in [6, 6.07) is 1.90. The molecule has 110 valence electrons. The van der Waals surface area contributed by atoms with Gasteiger partial charge in [0.2, 0.25) is 0 Å². The van der Waals surface area contributed by atoms with Crippen molar-refractivity contribution in [2.75, 3.05) is 33.3 Å². The number of nitrogens with one attached hydrogen (secondary N) is 2. The van der Waals surface area contributed by atoms with Crippen LogP contribution in [0.1, 0.15) is 35.3 Å².